The van der Waals surface area contributed by atoms with Gasteiger partial charge in [0.2, 0.25) is 0 Å². The van der Waals surface area contributed by atoms with Crippen molar-refractivity contribution in [2.24, 2.45) is 5.16 Å². The molecule has 1 unspecified atom stereocenters. The first kappa shape index (κ1) is 24.0. The Morgan fingerprint density at radius 1 is 1.53 bits per heavy atom. The number of nitrogens with one attached hydrogen (secondary N) is 1. The number of carbonyl (C=O) groups excluding carboxylic acids is 4. The van der Waals surface area contributed by atoms with E-state index in [1.54, 1.807) is 6.92 Å². The summed E-state index contributed by atoms with van der Waals surface area (Å²) in [6.07, 6.45) is -0.565. The van der Waals surface area contributed by atoms with Crippen molar-refractivity contribution in [2.45, 2.75) is 31.5 Å². The molecule has 2 fully saturated rings. The third-order valence-electron chi connectivity index (χ3n) is 4.04. The van der Waals surface area contributed by atoms with Crippen LogP contribution in [0.2, 0.25) is 0 Å². The van der Waals surface area contributed by atoms with Crippen molar-refractivity contribution in [1.82, 2.24) is 15.4 Å². The van der Waals surface area contributed by atoms with Gasteiger partial charge in [-0.15, -0.1) is 11.3 Å². The Labute approximate surface area is 195 Å². The topological polar surface area (TPSA) is 186 Å². The summed E-state index contributed by atoms with van der Waals surface area (Å²) < 4.78 is 4.79. The molecule has 3 N–H and O–H groups in total. The van der Waals surface area contributed by atoms with Crippen LogP contribution in [0.15, 0.2) is 10.5 Å². The Morgan fingerprint density at radius 3 is 2.80 bits per heavy atom. The number of aromatic nitrogens is 1. The van der Waals surface area contributed by atoms with E-state index in [0.29, 0.717) is 5.06 Å². The van der Waals surface area contributed by atoms with Crippen molar-refractivity contribution >= 4 is 45.9 Å². The van der Waals surface area contributed by atoms with Crippen molar-refractivity contribution in [2.75, 3.05) is 18.9 Å². The molecule has 2 atom stereocenters. The summed E-state index contributed by atoms with van der Waals surface area (Å²) in [5.74, 6) is -4.37. The molecule has 30 heavy (non-hydrogen) atoms. The smallest absolute Gasteiger partial charge is 0.544 e. The molecule has 0 bridgehead atoms. The average Bonchev–Trinajstić information content (AvgIpc) is 3.36. The summed E-state index contributed by atoms with van der Waals surface area (Å²) >= 11 is 1.08. The molecule has 3 heterocycles. The number of hydrogen-bond donors (Lipinski definition) is 2. The first-order chi connectivity index (χ1) is 13.8. The summed E-state index contributed by atoms with van der Waals surface area (Å²) in [6.45, 7) is 1.44. The molecule has 0 spiro atoms. The van der Waals surface area contributed by atoms with Crippen molar-refractivity contribution in [3.63, 3.8) is 0 Å². The zero-order valence-electron chi connectivity index (χ0n) is 16.1. The third kappa shape index (κ3) is 4.57. The van der Waals surface area contributed by atoms with Crippen LogP contribution < -0.4 is 45.7 Å². The Kier molecular flexibility index (Phi) is 7.76. The minimum atomic E-state index is -2.38. The zero-order chi connectivity index (χ0) is 21.2. The maximum atomic E-state index is 12.6. The molecule has 3 rings (SSSR count). The standard InChI is InChI=1S/C15H17N5O8S.Na/c1-2-26-19-10(8-6-29-14(16)18-8)11(22)17-7-5-27-20(12(7)23)15(13(24)25)4-3-9(21)28-15;/h6-7H,2-5H2,1H3,(H2,16,18)(H,17,22)(H,24,25);/q;+1/p-1/b19-10-;/t7-,15?;/m0./s1. The number of cyclic esters (lactones) is 1. The number of carboxylic acids is 1. The van der Waals surface area contributed by atoms with Gasteiger partial charge in [0.25, 0.3) is 17.5 Å². The predicted molar refractivity (Wildman–Crippen MR) is 92.5 cm³/mol. The largest absolute Gasteiger partial charge is 1.00 e. The van der Waals surface area contributed by atoms with Crippen LogP contribution in [-0.2, 0) is 33.6 Å². The number of oxime groups is 1. The average molecular weight is 449 g/mol. The first-order valence-corrected chi connectivity index (χ1v) is 9.29. The Morgan fingerprint density at radius 2 is 2.27 bits per heavy atom. The van der Waals surface area contributed by atoms with Crippen LogP contribution in [-0.4, -0.2) is 64.5 Å². The number of thiazole rings is 1. The normalized spacial score (nSPS) is 23.7. The molecule has 0 aliphatic carbocycles. The number of hydroxylamine groups is 2. The molecule has 2 aliphatic rings. The van der Waals surface area contributed by atoms with Crippen LogP contribution in [0.5, 0.6) is 0 Å². The minimum Gasteiger partial charge on any atom is -0.544 e. The number of rotatable bonds is 7. The molecule has 2 amide bonds. The van der Waals surface area contributed by atoms with Crippen molar-refractivity contribution in [3.05, 3.63) is 11.1 Å². The van der Waals surface area contributed by atoms with Crippen LogP contribution in [0, 0.1) is 0 Å². The summed E-state index contributed by atoms with van der Waals surface area (Å²) in [4.78, 5) is 62.2. The van der Waals surface area contributed by atoms with E-state index in [1.807, 2.05) is 0 Å². The molecule has 2 saturated heterocycles. The number of aliphatic carboxylic acids is 1. The van der Waals surface area contributed by atoms with E-state index >= 15 is 0 Å². The number of nitrogen functional groups attached to an aromatic ring is 1. The number of amides is 2. The third-order valence-corrected chi connectivity index (χ3v) is 4.71. The van der Waals surface area contributed by atoms with Gasteiger partial charge in [0.05, 0.1) is 6.42 Å². The van der Waals surface area contributed by atoms with E-state index in [0.717, 1.165) is 11.3 Å². The molecule has 0 aromatic carbocycles. The van der Waals surface area contributed by atoms with Gasteiger partial charge in [-0.1, -0.05) is 5.16 Å². The number of esters is 1. The van der Waals surface area contributed by atoms with E-state index in [-0.39, 0.29) is 65.5 Å². The number of anilines is 1. The van der Waals surface area contributed by atoms with Gasteiger partial charge < -0.3 is 30.5 Å². The zero-order valence-corrected chi connectivity index (χ0v) is 18.9. The van der Waals surface area contributed by atoms with E-state index in [9.17, 15) is 24.3 Å². The summed E-state index contributed by atoms with van der Waals surface area (Å²) in [6, 6.07) is -1.26. The Balaban J connectivity index is 0.00000320. The second kappa shape index (κ2) is 9.70. The number of hydrogen-bond acceptors (Lipinski definition) is 12. The monoisotopic (exact) mass is 449 g/mol. The van der Waals surface area contributed by atoms with Crippen molar-refractivity contribution < 1.29 is 68.3 Å². The fraction of sp³-hybridized carbons (Fsp3) is 0.467. The fourth-order valence-electron chi connectivity index (χ4n) is 2.70. The van der Waals surface area contributed by atoms with Gasteiger partial charge >= 0.3 is 35.5 Å². The SMILES string of the molecule is CCO/N=C(\C(=O)N[C@H]1CON(C2(C(=O)[O-])CCC(=O)O2)C1=O)c1csc(N)n1.[Na+]. The molecular weight excluding hydrogens is 433 g/mol. The first-order valence-electron chi connectivity index (χ1n) is 8.41. The second-order valence-electron chi connectivity index (χ2n) is 5.93. The molecule has 156 valence electrons. The quantitative estimate of drug-likeness (QED) is 0.176. The molecule has 0 radical (unpaired) electrons. The van der Waals surface area contributed by atoms with Crippen LogP contribution in [0.4, 0.5) is 5.13 Å². The number of carbonyl (C=O) groups is 4. The summed E-state index contributed by atoms with van der Waals surface area (Å²) in [5, 5.41) is 19.7. The number of carboxylic acid groups (broad SMARTS) is 1. The maximum Gasteiger partial charge on any atom is 1.00 e. The van der Waals surface area contributed by atoms with E-state index in [4.69, 9.17) is 20.1 Å². The van der Waals surface area contributed by atoms with Gasteiger partial charge in [-0.05, 0) is 6.92 Å². The number of nitrogens with two attached hydrogens (primary N) is 1. The molecule has 1 aromatic rings. The summed E-state index contributed by atoms with van der Waals surface area (Å²) in [5.41, 5.74) is 3.10. The van der Waals surface area contributed by atoms with Crippen LogP contribution in [0.3, 0.4) is 0 Å². The van der Waals surface area contributed by atoms with E-state index in [2.05, 4.69) is 15.5 Å². The summed E-state index contributed by atoms with van der Waals surface area (Å²) in [7, 11) is 0. The van der Waals surface area contributed by atoms with E-state index < -0.39 is 42.1 Å². The van der Waals surface area contributed by atoms with Gasteiger partial charge in [0.15, 0.2) is 10.8 Å². The minimum absolute atomic E-state index is 0. The number of nitrogens with zero attached hydrogens (tertiary/aromatic N) is 3. The van der Waals surface area contributed by atoms with E-state index in [1.165, 1.54) is 5.38 Å². The molecule has 0 saturated carbocycles. The van der Waals surface area contributed by atoms with Gasteiger partial charge in [0.1, 0.15) is 30.9 Å². The van der Waals surface area contributed by atoms with Crippen molar-refractivity contribution in [3.8, 4) is 0 Å². The van der Waals surface area contributed by atoms with Gasteiger partial charge in [-0.2, -0.15) is 5.06 Å². The van der Waals surface area contributed by atoms with Gasteiger partial charge in [-0.25, -0.2) is 4.98 Å². The molecule has 2 aliphatic heterocycles. The van der Waals surface area contributed by atoms with Crippen LogP contribution in [0.1, 0.15) is 25.5 Å². The van der Waals surface area contributed by atoms with Crippen molar-refractivity contribution in [1.29, 1.82) is 0 Å². The second-order valence-corrected chi connectivity index (χ2v) is 6.82. The molecule has 13 nitrogen and oxygen atoms in total. The maximum absolute atomic E-state index is 12.6. The molecule has 15 heteroatoms. The van der Waals surface area contributed by atoms with Crippen LogP contribution >= 0.6 is 11.3 Å². The Bertz CT molecular complexity index is 892. The fourth-order valence-corrected chi connectivity index (χ4v) is 3.25. The molecule has 1 aromatic heterocycles. The van der Waals surface area contributed by atoms with Gasteiger partial charge in [-0.3, -0.25) is 19.2 Å². The Hall–Kier alpha value is -2.26. The number of ether oxygens (including phenoxy) is 1. The van der Waals surface area contributed by atoms with Crippen LogP contribution in [0.25, 0.3) is 0 Å². The molecular formula is C15H16N5NaO8S. The predicted octanol–water partition coefficient (Wildman–Crippen LogP) is -5.49. The van der Waals surface area contributed by atoms with Gasteiger partial charge in [0, 0.05) is 11.8 Å².